The van der Waals surface area contributed by atoms with Crippen LogP contribution in [0.1, 0.15) is 47.8 Å². The van der Waals surface area contributed by atoms with Crippen LogP contribution in [0.5, 0.6) is 0 Å². The molecule has 1 N–H and O–H groups in total. The molecule has 0 aliphatic carbocycles. The Bertz CT molecular complexity index is 727. The number of aromatic nitrogens is 1. The van der Waals surface area contributed by atoms with E-state index in [-0.39, 0.29) is 36.8 Å². The first-order valence-corrected chi connectivity index (χ1v) is 9.95. The van der Waals surface area contributed by atoms with Gasteiger partial charge in [0.1, 0.15) is 0 Å². The number of piperazine rings is 1. The van der Waals surface area contributed by atoms with E-state index in [4.69, 9.17) is 0 Å². The zero-order valence-electron chi connectivity index (χ0n) is 17.2. The molecule has 0 radical (unpaired) electrons. The van der Waals surface area contributed by atoms with Gasteiger partial charge >= 0.3 is 0 Å². The van der Waals surface area contributed by atoms with Crippen LogP contribution in [-0.4, -0.2) is 53.4 Å². The Balaban J connectivity index is 0.00000210. The van der Waals surface area contributed by atoms with Gasteiger partial charge in [-0.25, -0.2) is 0 Å². The highest BCUT2D eigenvalue weighted by atomic mass is 35.5. The molecular weight excluding hydrogens is 407 g/mol. The van der Waals surface area contributed by atoms with Gasteiger partial charge < -0.3 is 10.2 Å². The summed E-state index contributed by atoms with van der Waals surface area (Å²) in [4.78, 5) is 21.8. The van der Waals surface area contributed by atoms with E-state index in [0.717, 1.165) is 50.3 Å². The Hall–Kier alpha value is -1.66. The van der Waals surface area contributed by atoms with Crippen LogP contribution < -0.4 is 5.32 Å². The van der Waals surface area contributed by atoms with Gasteiger partial charge in [-0.15, -0.1) is 24.8 Å². The van der Waals surface area contributed by atoms with E-state index < -0.39 is 0 Å². The Morgan fingerprint density at radius 3 is 2.59 bits per heavy atom. The topological polar surface area (TPSA) is 48.5 Å². The summed E-state index contributed by atoms with van der Waals surface area (Å²) in [5.41, 5.74) is 3.09. The average Bonchev–Trinajstić information content (AvgIpc) is 2.74. The van der Waals surface area contributed by atoms with E-state index in [1.807, 2.05) is 35.4 Å². The second-order valence-corrected chi connectivity index (χ2v) is 7.07. The van der Waals surface area contributed by atoms with Crippen molar-refractivity contribution in [2.24, 2.45) is 0 Å². The van der Waals surface area contributed by atoms with Crippen molar-refractivity contribution in [2.75, 3.05) is 32.7 Å². The molecule has 1 unspecified atom stereocenters. The summed E-state index contributed by atoms with van der Waals surface area (Å²) in [7, 11) is 0. The Morgan fingerprint density at radius 1 is 1.21 bits per heavy atom. The van der Waals surface area contributed by atoms with Crippen molar-refractivity contribution in [1.29, 1.82) is 0 Å². The zero-order chi connectivity index (χ0) is 19.1. The molecular formula is C22H32Cl2N4O. The predicted octanol–water partition coefficient (Wildman–Crippen LogP) is 3.94. The van der Waals surface area contributed by atoms with Crippen LogP contribution in [0.15, 0.2) is 48.8 Å². The molecule has 1 fully saturated rings. The first-order valence-electron chi connectivity index (χ1n) is 9.95. The number of hydrogen-bond donors (Lipinski definition) is 1. The molecule has 1 aliphatic rings. The molecule has 1 amide bonds. The lowest BCUT2D eigenvalue weighted by atomic mass is 10.0. The van der Waals surface area contributed by atoms with Crippen molar-refractivity contribution in [2.45, 2.75) is 32.9 Å². The Labute approximate surface area is 186 Å². The number of halogens is 2. The number of carbonyl (C=O) groups is 1. The smallest absolute Gasteiger partial charge is 0.254 e. The van der Waals surface area contributed by atoms with E-state index >= 15 is 0 Å². The standard InChI is InChI=1S/C22H30N4O.2ClH/c1-3-13-25(4-2)17-18-7-9-19(10-8-18)22(27)26-14-12-24-16-21(26)20-6-5-11-23-15-20;;/h5-11,15,21,24H,3-4,12-14,16-17H2,1-2H3;2*1H. The highest BCUT2D eigenvalue weighted by molar-refractivity contribution is 5.94. The lowest BCUT2D eigenvalue weighted by Gasteiger charge is -2.36. The normalized spacial score (nSPS) is 16.1. The maximum Gasteiger partial charge on any atom is 0.254 e. The minimum absolute atomic E-state index is 0. The average molecular weight is 439 g/mol. The molecule has 1 aromatic heterocycles. The van der Waals surface area contributed by atoms with Crippen LogP contribution >= 0.6 is 24.8 Å². The minimum Gasteiger partial charge on any atom is -0.329 e. The number of benzene rings is 1. The molecule has 1 saturated heterocycles. The minimum atomic E-state index is 0. The molecule has 1 atom stereocenters. The number of nitrogens with one attached hydrogen (secondary N) is 1. The molecule has 2 aromatic rings. The van der Waals surface area contributed by atoms with E-state index in [9.17, 15) is 4.79 Å². The third kappa shape index (κ3) is 6.68. The van der Waals surface area contributed by atoms with Crippen LogP contribution in [0.3, 0.4) is 0 Å². The number of amides is 1. The summed E-state index contributed by atoms with van der Waals surface area (Å²) in [6.45, 7) is 9.77. The molecule has 29 heavy (non-hydrogen) atoms. The molecule has 1 aliphatic heterocycles. The summed E-state index contributed by atoms with van der Waals surface area (Å²) in [5, 5.41) is 3.39. The van der Waals surface area contributed by atoms with Crippen LogP contribution in [0.4, 0.5) is 0 Å². The molecule has 0 spiro atoms. The van der Waals surface area contributed by atoms with Crippen LogP contribution in [0.25, 0.3) is 0 Å². The maximum absolute atomic E-state index is 13.1. The van der Waals surface area contributed by atoms with Gasteiger partial charge in [0, 0.05) is 44.1 Å². The summed E-state index contributed by atoms with van der Waals surface area (Å²) in [6, 6.07) is 12.1. The maximum atomic E-state index is 13.1. The van der Waals surface area contributed by atoms with Gasteiger partial charge in [-0.3, -0.25) is 14.7 Å². The van der Waals surface area contributed by atoms with Gasteiger partial charge in [-0.1, -0.05) is 32.0 Å². The summed E-state index contributed by atoms with van der Waals surface area (Å²) in [6.07, 6.45) is 4.78. The van der Waals surface area contributed by atoms with E-state index in [0.29, 0.717) is 6.54 Å². The van der Waals surface area contributed by atoms with Crippen molar-refractivity contribution >= 4 is 30.7 Å². The summed E-state index contributed by atoms with van der Waals surface area (Å²) < 4.78 is 0. The highest BCUT2D eigenvalue weighted by Gasteiger charge is 2.28. The molecule has 0 bridgehead atoms. The van der Waals surface area contributed by atoms with E-state index in [1.54, 1.807) is 6.20 Å². The molecule has 160 valence electrons. The van der Waals surface area contributed by atoms with Crippen LogP contribution in [0, 0.1) is 0 Å². The fraction of sp³-hybridized carbons (Fsp3) is 0.455. The summed E-state index contributed by atoms with van der Waals surface area (Å²) >= 11 is 0. The largest absolute Gasteiger partial charge is 0.329 e. The fourth-order valence-corrected chi connectivity index (χ4v) is 3.66. The van der Waals surface area contributed by atoms with Gasteiger partial charge in [0.2, 0.25) is 0 Å². The second-order valence-electron chi connectivity index (χ2n) is 7.07. The van der Waals surface area contributed by atoms with Crippen molar-refractivity contribution in [3.05, 3.63) is 65.5 Å². The van der Waals surface area contributed by atoms with Crippen LogP contribution in [0.2, 0.25) is 0 Å². The molecule has 1 aromatic carbocycles. The molecule has 2 heterocycles. The number of nitrogens with zero attached hydrogens (tertiary/aromatic N) is 3. The van der Waals surface area contributed by atoms with E-state index in [2.05, 4.69) is 41.2 Å². The number of carbonyl (C=O) groups excluding carboxylic acids is 1. The van der Waals surface area contributed by atoms with E-state index in [1.165, 1.54) is 5.56 Å². The van der Waals surface area contributed by atoms with Gasteiger partial charge in [0.25, 0.3) is 5.91 Å². The molecule has 5 nitrogen and oxygen atoms in total. The third-order valence-corrected chi connectivity index (χ3v) is 5.17. The Kier molecular flexibility index (Phi) is 11.2. The number of rotatable bonds is 7. The second kappa shape index (κ2) is 12.8. The number of hydrogen-bond acceptors (Lipinski definition) is 4. The van der Waals surface area contributed by atoms with Crippen molar-refractivity contribution < 1.29 is 4.79 Å². The van der Waals surface area contributed by atoms with Gasteiger partial charge in [-0.2, -0.15) is 0 Å². The first-order chi connectivity index (χ1) is 13.2. The number of pyridine rings is 1. The van der Waals surface area contributed by atoms with Crippen molar-refractivity contribution in [1.82, 2.24) is 20.1 Å². The SMILES string of the molecule is CCCN(CC)Cc1ccc(C(=O)N2CCNCC2c2cccnc2)cc1.Cl.Cl. The van der Waals surface area contributed by atoms with Gasteiger partial charge in [-0.05, 0) is 48.8 Å². The van der Waals surface area contributed by atoms with Gasteiger partial charge in [0.05, 0.1) is 6.04 Å². The van der Waals surface area contributed by atoms with Crippen molar-refractivity contribution in [3.63, 3.8) is 0 Å². The van der Waals surface area contributed by atoms with Gasteiger partial charge in [0.15, 0.2) is 0 Å². The Morgan fingerprint density at radius 2 is 1.97 bits per heavy atom. The fourth-order valence-electron chi connectivity index (χ4n) is 3.66. The predicted molar refractivity (Wildman–Crippen MR) is 123 cm³/mol. The third-order valence-electron chi connectivity index (χ3n) is 5.17. The molecule has 7 heteroatoms. The van der Waals surface area contributed by atoms with Crippen LogP contribution in [-0.2, 0) is 6.54 Å². The molecule has 3 rings (SSSR count). The quantitative estimate of drug-likeness (QED) is 0.710. The zero-order valence-corrected chi connectivity index (χ0v) is 18.8. The first kappa shape index (κ1) is 25.4. The highest BCUT2D eigenvalue weighted by Crippen LogP contribution is 2.23. The molecule has 0 saturated carbocycles. The summed E-state index contributed by atoms with van der Waals surface area (Å²) in [5.74, 6) is 0.0952. The monoisotopic (exact) mass is 438 g/mol. The lowest BCUT2D eigenvalue weighted by Crippen LogP contribution is -2.48. The lowest BCUT2D eigenvalue weighted by molar-refractivity contribution is 0.0634. The van der Waals surface area contributed by atoms with Crippen molar-refractivity contribution in [3.8, 4) is 0 Å².